The molecule has 180 valence electrons. The smallest absolute Gasteiger partial charge is 0.481 e. The summed E-state index contributed by atoms with van der Waals surface area (Å²) in [4.78, 5) is 47.4. The van der Waals surface area contributed by atoms with Crippen LogP contribution in [0.3, 0.4) is 0 Å². The molecule has 0 fully saturated rings. The zero-order valence-corrected chi connectivity index (χ0v) is 18.8. The van der Waals surface area contributed by atoms with Crippen molar-refractivity contribution in [2.24, 2.45) is 0 Å². The van der Waals surface area contributed by atoms with Gasteiger partial charge in [0, 0.05) is 12.3 Å². The first-order valence-electron chi connectivity index (χ1n) is 11.1. The first-order valence-corrected chi connectivity index (χ1v) is 11.1. The average molecular weight is 469 g/mol. The molecule has 0 saturated heterocycles. The van der Waals surface area contributed by atoms with E-state index in [1.54, 1.807) is 0 Å². The first-order chi connectivity index (χ1) is 16.4. The molecule has 0 aliphatic heterocycles. The molecule has 0 unspecified atom stereocenters. The van der Waals surface area contributed by atoms with Gasteiger partial charge in [-0.05, 0) is 35.1 Å². The molecular weight excluding hydrogens is 442 g/mol. The van der Waals surface area contributed by atoms with Crippen LogP contribution in [-0.2, 0) is 23.8 Å². The van der Waals surface area contributed by atoms with Crippen LogP contribution in [0, 0.1) is 0 Å². The van der Waals surface area contributed by atoms with E-state index in [0.29, 0.717) is 6.42 Å². The molecule has 9 nitrogen and oxygen atoms in total. The Balaban J connectivity index is 1.61. The molecule has 1 amide bonds. The Hall–Kier alpha value is -3.88. The van der Waals surface area contributed by atoms with Crippen LogP contribution in [0.25, 0.3) is 11.1 Å². The number of carbonyl (C=O) groups is 4. The summed E-state index contributed by atoms with van der Waals surface area (Å²) in [6.07, 6.45) is -1.44. The Morgan fingerprint density at radius 1 is 0.971 bits per heavy atom. The average Bonchev–Trinajstić information content (AvgIpc) is 3.14. The fourth-order valence-corrected chi connectivity index (χ4v) is 3.78. The predicted octanol–water partition coefficient (Wildman–Crippen LogP) is 4.24. The maximum absolute atomic E-state index is 12.5. The van der Waals surface area contributed by atoms with Gasteiger partial charge >= 0.3 is 24.2 Å². The fraction of sp³-hybridized carbons (Fsp3) is 0.360. The van der Waals surface area contributed by atoms with Crippen LogP contribution in [0.5, 0.6) is 0 Å². The number of fused-ring (bicyclic) bond motifs is 3. The second-order valence-electron chi connectivity index (χ2n) is 7.83. The summed E-state index contributed by atoms with van der Waals surface area (Å²) in [6.45, 7) is 2.00. The number of carbonyl (C=O) groups excluding carboxylic acids is 3. The maximum atomic E-state index is 12.5. The SMILES string of the molecule is CCCCOC(=O)OC(=O)[C@H](CCC(=O)O)NC(=O)OCC1c2ccccc2-c2ccccc21. The van der Waals surface area contributed by atoms with E-state index >= 15 is 0 Å². The number of hydrogen-bond acceptors (Lipinski definition) is 7. The number of unbranched alkanes of at least 4 members (excludes halogenated alkanes) is 1. The largest absolute Gasteiger partial charge is 0.516 e. The Kier molecular flexibility index (Phi) is 8.61. The van der Waals surface area contributed by atoms with E-state index in [1.807, 2.05) is 55.5 Å². The highest BCUT2D eigenvalue weighted by molar-refractivity contribution is 5.88. The minimum atomic E-state index is -1.38. The van der Waals surface area contributed by atoms with Gasteiger partial charge in [-0.2, -0.15) is 0 Å². The van der Waals surface area contributed by atoms with Crippen molar-refractivity contribution < 1.29 is 38.5 Å². The second-order valence-corrected chi connectivity index (χ2v) is 7.83. The minimum absolute atomic E-state index is 0.0135. The lowest BCUT2D eigenvalue weighted by Crippen LogP contribution is -2.43. The molecule has 0 heterocycles. The van der Waals surface area contributed by atoms with Gasteiger partial charge in [0.15, 0.2) is 0 Å². The van der Waals surface area contributed by atoms with Crippen LogP contribution in [0.2, 0.25) is 0 Å². The highest BCUT2D eigenvalue weighted by Crippen LogP contribution is 2.44. The van der Waals surface area contributed by atoms with Gasteiger partial charge in [-0.3, -0.25) is 4.79 Å². The van der Waals surface area contributed by atoms with E-state index in [1.165, 1.54) is 0 Å². The third kappa shape index (κ3) is 6.34. The summed E-state index contributed by atoms with van der Waals surface area (Å²) in [7, 11) is 0. The first kappa shape index (κ1) is 24.8. The highest BCUT2D eigenvalue weighted by Gasteiger charge is 2.30. The predicted molar refractivity (Wildman–Crippen MR) is 121 cm³/mol. The number of esters is 1. The number of aliphatic carboxylic acids is 1. The molecule has 1 aliphatic carbocycles. The van der Waals surface area contributed by atoms with Gasteiger partial charge in [0.05, 0.1) is 6.61 Å². The lowest BCUT2D eigenvalue weighted by atomic mass is 9.98. The number of carboxylic acids is 1. The van der Waals surface area contributed by atoms with Gasteiger partial charge in [0.1, 0.15) is 12.6 Å². The van der Waals surface area contributed by atoms with Crippen LogP contribution in [-0.4, -0.2) is 48.5 Å². The van der Waals surface area contributed by atoms with Crippen molar-refractivity contribution in [3.8, 4) is 11.1 Å². The number of alkyl carbamates (subject to hydrolysis) is 1. The van der Waals surface area contributed by atoms with Crippen molar-refractivity contribution in [3.05, 3.63) is 59.7 Å². The molecule has 0 aromatic heterocycles. The van der Waals surface area contributed by atoms with Gasteiger partial charge < -0.3 is 24.6 Å². The summed E-state index contributed by atoms with van der Waals surface area (Å²) in [5.41, 5.74) is 4.18. The maximum Gasteiger partial charge on any atom is 0.516 e. The Bertz CT molecular complexity index is 1010. The Morgan fingerprint density at radius 2 is 1.59 bits per heavy atom. The molecule has 34 heavy (non-hydrogen) atoms. The summed E-state index contributed by atoms with van der Waals surface area (Å²) >= 11 is 0. The van der Waals surface area contributed by atoms with Gasteiger partial charge in [0.25, 0.3) is 0 Å². The number of ether oxygens (including phenoxy) is 3. The van der Waals surface area contributed by atoms with Crippen LogP contribution in [0.15, 0.2) is 48.5 Å². The third-order valence-corrected chi connectivity index (χ3v) is 5.47. The summed E-state index contributed by atoms with van der Waals surface area (Å²) in [5.74, 6) is -2.47. The van der Waals surface area contributed by atoms with Gasteiger partial charge in [-0.15, -0.1) is 0 Å². The molecule has 1 atom stereocenters. The third-order valence-electron chi connectivity index (χ3n) is 5.47. The van der Waals surface area contributed by atoms with Crippen LogP contribution >= 0.6 is 0 Å². The van der Waals surface area contributed by atoms with Gasteiger partial charge in [-0.25, -0.2) is 14.4 Å². The molecule has 0 saturated carbocycles. The fourth-order valence-electron chi connectivity index (χ4n) is 3.78. The van der Waals surface area contributed by atoms with Crippen molar-refractivity contribution in [2.75, 3.05) is 13.2 Å². The molecule has 0 spiro atoms. The number of amides is 1. The number of hydrogen-bond donors (Lipinski definition) is 2. The Morgan fingerprint density at radius 3 is 2.18 bits per heavy atom. The van der Waals surface area contributed by atoms with Crippen LogP contribution in [0.4, 0.5) is 9.59 Å². The monoisotopic (exact) mass is 469 g/mol. The summed E-state index contributed by atoms with van der Waals surface area (Å²) < 4.78 is 14.8. The Labute approximate surface area is 197 Å². The van der Waals surface area contributed by atoms with Crippen molar-refractivity contribution in [1.82, 2.24) is 5.32 Å². The molecule has 0 radical (unpaired) electrons. The van der Waals surface area contributed by atoms with Crippen LogP contribution < -0.4 is 5.32 Å². The molecule has 2 aromatic rings. The molecule has 2 aromatic carbocycles. The number of benzene rings is 2. The van der Waals surface area contributed by atoms with Crippen molar-refractivity contribution >= 4 is 24.2 Å². The molecule has 1 aliphatic rings. The van der Waals surface area contributed by atoms with Gasteiger partial charge in [0.2, 0.25) is 0 Å². The number of carboxylic acid groups (broad SMARTS) is 1. The lowest BCUT2D eigenvalue weighted by molar-refractivity contribution is -0.143. The zero-order valence-electron chi connectivity index (χ0n) is 18.8. The minimum Gasteiger partial charge on any atom is -0.481 e. The van der Waals surface area contributed by atoms with E-state index in [2.05, 4.69) is 10.1 Å². The van der Waals surface area contributed by atoms with Crippen molar-refractivity contribution in [3.63, 3.8) is 0 Å². The van der Waals surface area contributed by atoms with Crippen molar-refractivity contribution in [2.45, 2.75) is 44.6 Å². The molecular formula is C25H27NO8. The van der Waals surface area contributed by atoms with Gasteiger partial charge in [-0.1, -0.05) is 61.9 Å². The highest BCUT2D eigenvalue weighted by atomic mass is 16.7. The lowest BCUT2D eigenvalue weighted by Gasteiger charge is -2.18. The summed E-state index contributed by atoms with van der Waals surface area (Å²) in [6, 6.07) is 14.3. The molecule has 2 N–H and O–H groups in total. The quantitative estimate of drug-likeness (QED) is 0.300. The summed E-state index contributed by atoms with van der Waals surface area (Å²) in [5, 5.41) is 11.3. The van der Waals surface area contributed by atoms with E-state index in [-0.39, 0.29) is 25.6 Å². The molecule has 0 bridgehead atoms. The molecule has 3 rings (SSSR count). The van der Waals surface area contributed by atoms with Crippen molar-refractivity contribution in [1.29, 1.82) is 0 Å². The van der Waals surface area contributed by atoms with Crippen LogP contribution in [0.1, 0.15) is 49.7 Å². The van der Waals surface area contributed by atoms with E-state index in [0.717, 1.165) is 28.7 Å². The molecule has 9 heteroatoms. The topological polar surface area (TPSA) is 128 Å². The zero-order chi connectivity index (χ0) is 24.5. The van der Waals surface area contributed by atoms with E-state index < -0.39 is 36.6 Å². The van der Waals surface area contributed by atoms with E-state index in [9.17, 15) is 19.2 Å². The normalized spacial score (nSPS) is 12.7. The second kappa shape index (κ2) is 11.8. The number of nitrogens with one attached hydrogen (secondary N) is 1. The van der Waals surface area contributed by atoms with E-state index in [4.69, 9.17) is 14.6 Å². The standard InChI is InChI=1S/C25H27NO8/c1-2-3-14-32-25(31)34-23(29)21(12-13-22(27)28)26-24(30)33-15-20-18-10-6-4-8-16(18)17-9-5-7-11-19(17)20/h4-11,20-21H,2-3,12-15H2,1H3,(H,26,30)(H,27,28)/t21-/m0/s1. The number of rotatable bonds is 10.